The fraction of sp³-hybridized carbons (Fsp3) is 0.304. The Labute approximate surface area is 181 Å². The van der Waals surface area contributed by atoms with Crippen LogP contribution >= 0.6 is 11.8 Å². The Morgan fingerprint density at radius 3 is 2.73 bits per heavy atom. The Bertz CT molecular complexity index is 1010. The number of carbonyl (C=O) groups is 1. The average molecular weight is 423 g/mol. The van der Waals surface area contributed by atoms with Crippen molar-refractivity contribution in [1.29, 1.82) is 0 Å². The van der Waals surface area contributed by atoms with Crippen LogP contribution in [0.3, 0.4) is 0 Å². The van der Waals surface area contributed by atoms with Gasteiger partial charge in [-0.25, -0.2) is 4.79 Å². The predicted octanol–water partition coefficient (Wildman–Crippen LogP) is 5.22. The van der Waals surface area contributed by atoms with Crippen molar-refractivity contribution in [2.75, 3.05) is 31.8 Å². The Hall–Kier alpha value is -2.93. The summed E-state index contributed by atoms with van der Waals surface area (Å²) in [5.74, 6) is 1.19. The first-order chi connectivity index (χ1) is 14.7. The van der Waals surface area contributed by atoms with E-state index in [0.29, 0.717) is 5.92 Å². The van der Waals surface area contributed by atoms with Crippen LogP contribution in [-0.4, -0.2) is 47.6 Å². The summed E-state index contributed by atoms with van der Waals surface area (Å²) < 4.78 is 5.31. The van der Waals surface area contributed by atoms with Gasteiger partial charge in [-0.15, -0.1) is 11.8 Å². The van der Waals surface area contributed by atoms with Gasteiger partial charge in [-0.1, -0.05) is 18.2 Å². The van der Waals surface area contributed by atoms with E-state index in [1.54, 1.807) is 18.9 Å². The van der Waals surface area contributed by atoms with Crippen molar-refractivity contribution in [3.05, 3.63) is 60.3 Å². The average Bonchev–Trinajstić information content (AvgIpc) is 3.30. The first-order valence-electron chi connectivity index (χ1n) is 10.1. The highest BCUT2D eigenvalue weighted by Gasteiger charge is 2.25. The molecular formula is C23H26N4O2S. The molecule has 2 amide bonds. The highest BCUT2D eigenvalue weighted by molar-refractivity contribution is 7.98. The summed E-state index contributed by atoms with van der Waals surface area (Å²) in [4.78, 5) is 15.7. The third-order valence-corrected chi connectivity index (χ3v) is 6.23. The first kappa shape index (κ1) is 20.3. The molecule has 6 nitrogen and oxygen atoms in total. The minimum Gasteiger partial charge on any atom is -0.497 e. The third-order valence-electron chi connectivity index (χ3n) is 5.51. The quantitative estimate of drug-likeness (QED) is 0.553. The molecule has 3 aromatic rings. The maximum atomic E-state index is 12.6. The van der Waals surface area contributed by atoms with Gasteiger partial charge in [-0.05, 0) is 55.5 Å². The van der Waals surface area contributed by atoms with E-state index in [1.165, 1.54) is 0 Å². The number of piperidine rings is 1. The van der Waals surface area contributed by atoms with Crippen LogP contribution in [-0.2, 0) is 0 Å². The highest BCUT2D eigenvalue weighted by atomic mass is 32.2. The van der Waals surface area contributed by atoms with E-state index >= 15 is 0 Å². The standard InChI is InChI=1S/C23H26N4O2S/c1-29-19-7-3-5-17(13-19)22-15-21(25-26-22)16-9-11-27(12-10-16)23(28)24-18-6-4-8-20(14-18)30-2/h3-8,13-16H,9-12H2,1-2H3,(H,24,28)(H,25,26). The summed E-state index contributed by atoms with van der Waals surface area (Å²) in [6.45, 7) is 1.46. The number of nitrogens with one attached hydrogen (secondary N) is 2. The summed E-state index contributed by atoms with van der Waals surface area (Å²) in [5.41, 5.74) is 3.91. The van der Waals surface area contributed by atoms with Crippen LogP contribution in [0.5, 0.6) is 5.75 Å². The Morgan fingerprint density at radius 1 is 1.17 bits per heavy atom. The second-order valence-electron chi connectivity index (χ2n) is 7.36. The summed E-state index contributed by atoms with van der Waals surface area (Å²) >= 11 is 1.66. The number of H-pyrrole nitrogens is 1. The Kier molecular flexibility index (Phi) is 6.28. The van der Waals surface area contributed by atoms with Crippen LogP contribution in [0.15, 0.2) is 59.5 Å². The van der Waals surface area contributed by atoms with Crippen molar-refractivity contribution in [2.45, 2.75) is 23.7 Å². The molecule has 0 atom stereocenters. The molecule has 156 valence electrons. The number of ether oxygens (including phenoxy) is 1. The second kappa shape index (κ2) is 9.26. The molecule has 0 spiro atoms. The maximum Gasteiger partial charge on any atom is 0.321 e. The number of urea groups is 1. The molecule has 4 rings (SSSR count). The zero-order chi connectivity index (χ0) is 20.9. The zero-order valence-electron chi connectivity index (χ0n) is 17.2. The van der Waals surface area contributed by atoms with E-state index in [2.05, 4.69) is 21.6 Å². The number of rotatable bonds is 5. The number of nitrogens with zero attached hydrogens (tertiary/aromatic N) is 2. The van der Waals surface area contributed by atoms with Gasteiger partial charge in [0.1, 0.15) is 5.75 Å². The lowest BCUT2D eigenvalue weighted by Gasteiger charge is -2.31. The Balaban J connectivity index is 1.35. The van der Waals surface area contributed by atoms with Crippen LogP contribution in [0.4, 0.5) is 10.5 Å². The number of benzene rings is 2. The third kappa shape index (κ3) is 4.62. The fourth-order valence-electron chi connectivity index (χ4n) is 3.77. The van der Waals surface area contributed by atoms with E-state index < -0.39 is 0 Å². The lowest BCUT2D eigenvalue weighted by atomic mass is 9.93. The summed E-state index contributed by atoms with van der Waals surface area (Å²) in [5, 5.41) is 10.7. The molecule has 0 radical (unpaired) electrons. The minimum absolute atomic E-state index is 0.0339. The van der Waals surface area contributed by atoms with Crippen molar-refractivity contribution in [3.8, 4) is 17.0 Å². The molecule has 0 saturated carbocycles. The van der Waals surface area contributed by atoms with E-state index in [0.717, 1.165) is 59.2 Å². The van der Waals surface area contributed by atoms with Crippen LogP contribution in [0, 0.1) is 0 Å². The van der Waals surface area contributed by atoms with Gasteiger partial charge in [-0.3, -0.25) is 5.10 Å². The first-order valence-corrected chi connectivity index (χ1v) is 11.3. The molecule has 0 bridgehead atoms. The predicted molar refractivity (Wildman–Crippen MR) is 121 cm³/mol. The van der Waals surface area contributed by atoms with Crippen molar-refractivity contribution in [1.82, 2.24) is 15.1 Å². The molecule has 2 heterocycles. The van der Waals surface area contributed by atoms with Crippen molar-refractivity contribution in [3.63, 3.8) is 0 Å². The SMILES string of the molecule is COc1cccc(-c2cc(C3CCN(C(=O)Nc4cccc(SC)c4)CC3)[nH]n2)c1. The van der Waals surface area contributed by atoms with Gasteiger partial charge >= 0.3 is 6.03 Å². The molecular weight excluding hydrogens is 396 g/mol. The van der Waals surface area contributed by atoms with Gasteiger partial charge < -0.3 is 15.0 Å². The molecule has 1 saturated heterocycles. The van der Waals surface area contributed by atoms with Crippen LogP contribution in [0.25, 0.3) is 11.3 Å². The molecule has 1 aliphatic rings. The molecule has 2 aromatic carbocycles. The van der Waals surface area contributed by atoms with Gasteiger partial charge in [0, 0.05) is 40.8 Å². The fourth-order valence-corrected chi connectivity index (χ4v) is 4.23. The number of amides is 2. The molecule has 0 aliphatic carbocycles. The molecule has 30 heavy (non-hydrogen) atoms. The molecule has 0 unspecified atom stereocenters. The smallest absolute Gasteiger partial charge is 0.321 e. The largest absolute Gasteiger partial charge is 0.497 e. The second-order valence-corrected chi connectivity index (χ2v) is 8.24. The highest BCUT2D eigenvalue weighted by Crippen LogP contribution is 2.30. The summed E-state index contributed by atoms with van der Waals surface area (Å²) in [6.07, 6.45) is 3.86. The monoisotopic (exact) mass is 422 g/mol. The summed E-state index contributed by atoms with van der Waals surface area (Å²) in [7, 11) is 1.67. The number of carbonyl (C=O) groups excluding carboxylic acids is 1. The van der Waals surface area contributed by atoms with Crippen molar-refractivity contribution < 1.29 is 9.53 Å². The van der Waals surface area contributed by atoms with E-state index in [9.17, 15) is 4.79 Å². The Morgan fingerprint density at radius 2 is 1.97 bits per heavy atom. The topological polar surface area (TPSA) is 70.2 Å². The normalized spacial score (nSPS) is 14.5. The van der Waals surface area contributed by atoms with Crippen molar-refractivity contribution in [2.24, 2.45) is 0 Å². The van der Waals surface area contributed by atoms with Crippen LogP contribution < -0.4 is 10.1 Å². The number of likely N-dealkylation sites (tertiary alicyclic amines) is 1. The number of hydrogen-bond donors (Lipinski definition) is 2. The number of anilines is 1. The molecule has 2 N–H and O–H groups in total. The van der Waals surface area contributed by atoms with Gasteiger partial charge in [0.2, 0.25) is 0 Å². The molecule has 1 aromatic heterocycles. The number of aromatic amines is 1. The van der Waals surface area contributed by atoms with E-state index in [1.807, 2.05) is 59.7 Å². The lowest BCUT2D eigenvalue weighted by Crippen LogP contribution is -2.40. The minimum atomic E-state index is -0.0339. The summed E-state index contributed by atoms with van der Waals surface area (Å²) in [6, 6.07) is 17.9. The lowest BCUT2D eigenvalue weighted by molar-refractivity contribution is 0.194. The number of thioether (sulfide) groups is 1. The molecule has 1 fully saturated rings. The number of aromatic nitrogens is 2. The van der Waals surface area contributed by atoms with Gasteiger partial charge in [0.25, 0.3) is 0 Å². The maximum absolute atomic E-state index is 12.6. The van der Waals surface area contributed by atoms with E-state index in [4.69, 9.17) is 4.74 Å². The molecule has 1 aliphatic heterocycles. The van der Waals surface area contributed by atoms with Gasteiger partial charge in [0.05, 0.1) is 12.8 Å². The van der Waals surface area contributed by atoms with Gasteiger partial charge in [0.15, 0.2) is 0 Å². The van der Waals surface area contributed by atoms with Crippen molar-refractivity contribution >= 4 is 23.5 Å². The number of hydrogen-bond acceptors (Lipinski definition) is 4. The van der Waals surface area contributed by atoms with Crippen LogP contribution in [0.2, 0.25) is 0 Å². The number of methoxy groups -OCH3 is 1. The molecule has 7 heteroatoms. The van der Waals surface area contributed by atoms with Gasteiger partial charge in [-0.2, -0.15) is 5.10 Å². The van der Waals surface area contributed by atoms with Crippen LogP contribution in [0.1, 0.15) is 24.5 Å². The van der Waals surface area contributed by atoms with E-state index in [-0.39, 0.29) is 6.03 Å². The zero-order valence-corrected chi connectivity index (χ0v) is 18.0.